The first-order valence-corrected chi connectivity index (χ1v) is 9.65. The molecule has 1 saturated carbocycles. The molecule has 150 valence electrons. The molecule has 0 radical (unpaired) electrons. The minimum Gasteiger partial charge on any atom is -0.497 e. The minimum atomic E-state index is -0.765. The Kier molecular flexibility index (Phi) is 5.31. The van der Waals surface area contributed by atoms with Crippen molar-refractivity contribution in [3.05, 3.63) is 65.7 Å². The molecule has 1 heterocycles. The molecular formula is C22H23N3O4. The topological polar surface area (TPSA) is 70.2 Å². The maximum Gasteiger partial charge on any atom is 0.335 e. The second-order valence-corrected chi connectivity index (χ2v) is 7.36. The summed E-state index contributed by atoms with van der Waals surface area (Å²) < 4.78 is 5.19. The maximum atomic E-state index is 12.8. The Labute approximate surface area is 169 Å². The van der Waals surface area contributed by atoms with E-state index in [1.165, 1.54) is 0 Å². The minimum absolute atomic E-state index is 0.0999. The van der Waals surface area contributed by atoms with Crippen LogP contribution in [0.1, 0.15) is 24.0 Å². The van der Waals surface area contributed by atoms with Crippen LogP contribution in [0.15, 0.2) is 54.6 Å². The normalized spacial score (nSPS) is 16.8. The van der Waals surface area contributed by atoms with Crippen LogP contribution in [0.5, 0.6) is 5.75 Å². The van der Waals surface area contributed by atoms with Gasteiger partial charge in [0.15, 0.2) is 0 Å². The van der Waals surface area contributed by atoms with Crippen LogP contribution in [0.4, 0.5) is 4.79 Å². The predicted molar refractivity (Wildman–Crippen MR) is 106 cm³/mol. The smallest absolute Gasteiger partial charge is 0.335 e. The molecule has 2 aliphatic rings. The Morgan fingerprint density at radius 2 is 1.55 bits per heavy atom. The summed E-state index contributed by atoms with van der Waals surface area (Å²) in [5.41, 5.74) is 1.87. The van der Waals surface area contributed by atoms with Gasteiger partial charge in [-0.05, 0) is 36.1 Å². The lowest BCUT2D eigenvalue weighted by atomic mass is 10.2. The second-order valence-electron chi connectivity index (χ2n) is 7.36. The number of imide groups is 2. The van der Waals surface area contributed by atoms with E-state index in [1.54, 1.807) is 7.11 Å². The first-order valence-electron chi connectivity index (χ1n) is 9.65. The van der Waals surface area contributed by atoms with E-state index in [9.17, 15) is 14.4 Å². The molecule has 0 N–H and O–H groups in total. The maximum absolute atomic E-state index is 12.8. The van der Waals surface area contributed by atoms with E-state index >= 15 is 0 Å². The molecule has 0 spiro atoms. The van der Waals surface area contributed by atoms with Gasteiger partial charge < -0.3 is 4.74 Å². The predicted octanol–water partition coefficient (Wildman–Crippen LogP) is 2.61. The number of amides is 4. The number of carbonyl (C=O) groups is 3. The Hall–Kier alpha value is -3.19. The molecule has 4 rings (SSSR count). The summed E-state index contributed by atoms with van der Waals surface area (Å²) >= 11 is 0. The van der Waals surface area contributed by atoms with Gasteiger partial charge in [-0.15, -0.1) is 0 Å². The standard InChI is InChI=1S/C22H23N3O4/c1-29-19-11-7-17(8-12-19)13-23(18-9-10-18)15-25-21(27)20(26)24(22(25)28)14-16-5-3-2-4-6-16/h2-8,11-12,18H,9-10,13-15H2,1H3. The van der Waals surface area contributed by atoms with E-state index in [0.29, 0.717) is 12.6 Å². The van der Waals surface area contributed by atoms with Crippen LogP contribution in [0.2, 0.25) is 0 Å². The average molecular weight is 393 g/mol. The monoisotopic (exact) mass is 393 g/mol. The van der Waals surface area contributed by atoms with Crippen LogP contribution < -0.4 is 4.74 Å². The van der Waals surface area contributed by atoms with Gasteiger partial charge in [0.1, 0.15) is 5.75 Å². The molecule has 1 saturated heterocycles. The number of urea groups is 1. The van der Waals surface area contributed by atoms with Crippen LogP contribution in [0, 0.1) is 0 Å². The lowest BCUT2D eigenvalue weighted by Gasteiger charge is -2.26. The van der Waals surface area contributed by atoms with Crippen molar-refractivity contribution in [2.45, 2.75) is 32.0 Å². The Morgan fingerprint density at radius 3 is 2.17 bits per heavy atom. The number of benzene rings is 2. The molecule has 7 nitrogen and oxygen atoms in total. The van der Waals surface area contributed by atoms with E-state index in [0.717, 1.165) is 39.5 Å². The van der Waals surface area contributed by atoms with Gasteiger partial charge >= 0.3 is 17.8 Å². The number of methoxy groups -OCH3 is 1. The fourth-order valence-corrected chi connectivity index (χ4v) is 3.46. The molecule has 7 heteroatoms. The summed E-state index contributed by atoms with van der Waals surface area (Å²) in [5.74, 6) is -0.746. The van der Waals surface area contributed by atoms with E-state index in [4.69, 9.17) is 4.74 Å². The van der Waals surface area contributed by atoms with Crippen molar-refractivity contribution in [3.63, 3.8) is 0 Å². The molecular weight excluding hydrogens is 370 g/mol. The molecule has 4 amide bonds. The van der Waals surface area contributed by atoms with Gasteiger partial charge in [-0.1, -0.05) is 42.5 Å². The first-order chi connectivity index (χ1) is 14.1. The second kappa shape index (κ2) is 8.05. The molecule has 29 heavy (non-hydrogen) atoms. The summed E-state index contributed by atoms with van der Waals surface area (Å²) in [6.07, 6.45) is 2.04. The molecule has 1 aliphatic carbocycles. The number of hydrogen-bond donors (Lipinski definition) is 0. The fourth-order valence-electron chi connectivity index (χ4n) is 3.46. The number of nitrogens with zero attached hydrogens (tertiary/aromatic N) is 3. The largest absolute Gasteiger partial charge is 0.497 e. The van der Waals surface area contributed by atoms with Crippen molar-refractivity contribution in [2.75, 3.05) is 13.8 Å². The van der Waals surface area contributed by atoms with Gasteiger partial charge in [-0.25, -0.2) is 9.69 Å². The van der Waals surface area contributed by atoms with Crippen LogP contribution in [-0.2, 0) is 22.7 Å². The zero-order valence-electron chi connectivity index (χ0n) is 16.3. The van der Waals surface area contributed by atoms with Gasteiger partial charge in [0.2, 0.25) is 0 Å². The van der Waals surface area contributed by atoms with Gasteiger partial charge in [0.05, 0.1) is 20.3 Å². The summed E-state index contributed by atoms with van der Waals surface area (Å²) in [4.78, 5) is 41.9. The van der Waals surface area contributed by atoms with Crippen molar-refractivity contribution >= 4 is 17.8 Å². The number of rotatable bonds is 8. The summed E-state index contributed by atoms with van der Waals surface area (Å²) in [7, 11) is 1.62. The van der Waals surface area contributed by atoms with Gasteiger partial charge in [-0.3, -0.25) is 19.4 Å². The Balaban J connectivity index is 1.46. The summed E-state index contributed by atoms with van der Waals surface area (Å²) in [6, 6.07) is 16.7. The van der Waals surface area contributed by atoms with Crippen molar-refractivity contribution in [2.24, 2.45) is 0 Å². The quantitative estimate of drug-likeness (QED) is 0.509. The molecule has 0 aromatic heterocycles. The zero-order chi connectivity index (χ0) is 20.4. The third-order valence-corrected chi connectivity index (χ3v) is 5.25. The number of carbonyl (C=O) groups excluding carboxylic acids is 3. The molecule has 0 unspecified atom stereocenters. The summed E-state index contributed by atoms with van der Waals surface area (Å²) in [5, 5.41) is 0. The van der Waals surface area contributed by atoms with Crippen LogP contribution in [0.3, 0.4) is 0 Å². The van der Waals surface area contributed by atoms with Crippen LogP contribution in [0.25, 0.3) is 0 Å². The summed E-state index contributed by atoms with van der Waals surface area (Å²) in [6.45, 7) is 0.812. The van der Waals surface area contributed by atoms with Crippen LogP contribution >= 0.6 is 0 Å². The van der Waals surface area contributed by atoms with Gasteiger partial charge in [0, 0.05) is 12.6 Å². The average Bonchev–Trinajstić information content (AvgIpc) is 3.57. The third kappa shape index (κ3) is 4.14. The molecule has 2 aromatic carbocycles. The van der Waals surface area contributed by atoms with Gasteiger partial charge in [0.25, 0.3) is 0 Å². The van der Waals surface area contributed by atoms with E-state index in [1.807, 2.05) is 54.6 Å². The highest BCUT2D eigenvalue weighted by atomic mass is 16.5. The van der Waals surface area contributed by atoms with Crippen molar-refractivity contribution in [1.82, 2.24) is 14.7 Å². The molecule has 0 atom stereocenters. The van der Waals surface area contributed by atoms with E-state index in [2.05, 4.69) is 4.90 Å². The van der Waals surface area contributed by atoms with Gasteiger partial charge in [-0.2, -0.15) is 0 Å². The number of ether oxygens (including phenoxy) is 1. The highest BCUT2D eigenvalue weighted by molar-refractivity contribution is 6.44. The van der Waals surface area contributed by atoms with Crippen LogP contribution in [-0.4, -0.2) is 52.4 Å². The molecule has 2 aromatic rings. The highest BCUT2D eigenvalue weighted by Crippen LogP contribution is 2.30. The molecule has 0 bridgehead atoms. The molecule has 1 aliphatic heterocycles. The highest BCUT2D eigenvalue weighted by Gasteiger charge is 2.46. The Morgan fingerprint density at radius 1 is 0.897 bits per heavy atom. The fraction of sp³-hybridized carbons (Fsp3) is 0.318. The lowest BCUT2D eigenvalue weighted by Crippen LogP contribution is -2.43. The SMILES string of the molecule is COc1ccc(CN(CN2C(=O)C(=O)N(Cc3ccccc3)C2=O)C2CC2)cc1. The van der Waals surface area contributed by atoms with Crippen molar-refractivity contribution < 1.29 is 19.1 Å². The van der Waals surface area contributed by atoms with Crippen molar-refractivity contribution in [1.29, 1.82) is 0 Å². The first kappa shape index (κ1) is 19.1. The van der Waals surface area contributed by atoms with Crippen molar-refractivity contribution in [3.8, 4) is 5.75 Å². The number of hydrogen-bond acceptors (Lipinski definition) is 5. The van der Waals surface area contributed by atoms with E-state index in [-0.39, 0.29) is 13.2 Å². The lowest BCUT2D eigenvalue weighted by molar-refractivity contribution is -0.144. The van der Waals surface area contributed by atoms with E-state index < -0.39 is 17.8 Å². The Bertz CT molecular complexity index is 909. The molecule has 2 fully saturated rings. The zero-order valence-corrected chi connectivity index (χ0v) is 16.3. The third-order valence-electron chi connectivity index (χ3n) is 5.25.